The van der Waals surface area contributed by atoms with Gasteiger partial charge in [0.25, 0.3) is 5.91 Å². The van der Waals surface area contributed by atoms with Crippen molar-refractivity contribution in [3.05, 3.63) is 47.9 Å². The SMILES string of the molecule is CCCc1cn(CC2CCN(C(=O)c3ccc4[nH]ccc4c3)CC2)nn1. The van der Waals surface area contributed by atoms with Crippen LogP contribution < -0.4 is 0 Å². The lowest BCUT2D eigenvalue weighted by molar-refractivity contribution is 0.0681. The third kappa shape index (κ3) is 3.49. The topological polar surface area (TPSA) is 66.8 Å². The van der Waals surface area contributed by atoms with E-state index in [9.17, 15) is 4.79 Å². The Kier molecular flexibility index (Phi) is 4.73. The first kappa shape index (κ1) is 16.8. The van der Waals surface area contributed by atoms with Gasteiger partial charge in [-0.05, 0) is 49.4 Å². The third-order valence-corrected chi connectivity index (χ3v) is 5.24. The summed E-state index contributed by atoms with van der Waals surface area (Å²) in [5.74, 6) is 0.694. The standard InChI is InChI=1S/C20H25N5O/c1-2-3-18-14-25(23-22-18)13-15-7-10-24(11-8-15)20(26)17-4-5-19-16(12-17)6-9-21-19/h4-6,9,12,14-15,21H,2-3,7-8,10-11,13H2,1H3. The second-order valence-corrected chi connectivity index (χ2v) is 7.20. The largest absolute Gasteiger partial charge is 0.361 e. The molecule has 0 unspecified atom stereocenters. The molecule has 1 saturated heterocycles. The Morgan fingerprint density at radius 1 is 1.27 bits per heavy atom. The number of benzene rings is 1. The number of aryl methyl sites for hydroxylation is 1. The molecule has 0 bridgehead atoms. The average molecular weight is 351 g/mol. The van der Waals surface area contributed by atoms with E-state index in [1.165, 1.54) is 0 Å². The monoisotopic (exact) mass is 351 g/mol. The third-order valence-electron chi connectivity index (χ3n) is 5.24. The van der Waals surface area contributed by atoms with Gasteiger partial charge in [-0.25, -0.2) is 0 Å². The van der Waals surface area contributed by atoms with Crippen LogP contribution in [0.25, 0.3) is 10.9 Å². The summed E-state index contributed by atoms with van der Waals surface area (Å²) >= 11 is 0. The summed E-state index contributed by atoms with van der Waals surface area (Å²) in [4.78, 5) is 17.9. The lowest BCUT2D eigenvalue weighted by atomic mass is 9.96. The summed E-state index contributed by atoms with van der Waals surface area (Å²) in [6.07, 6.45) is 8.07. The van der Waals surface area contributed by atoms with Crippen LogP contribution in [0.15, 0.2) is 36.7 Å². The molecule has 0 spiro atoms. The van der Waals surface area contributed by atoms with Gasteiger partial charge in [0.2, 0.25) is 0 Å². The van der Waals surface area contributed by atoms with Crippen LogP contribution in [0.4, 0.5) is 0 Å². The van der Waals surface area contributed by atoms with Gasteiger partial charge in [-0.15, -0.1) is 5.10 Å². The molecule has 136 valence electrons. The molecule has 3 heterocycles. The van der Waals surface area contributed by atoms with E-state index < -0.39 is 0 Å². The molecular formula is C20H25N5O. The van der Waals surface area contributed by atoms with Crippen molar-refractivity contribution in [2.75, 3.05) is 13.1 Å². The minimum absolute atomic E-state index is 0.137. The van der Waals surface area contributed by atoms with Crippen LogP contribution >= 0.6 is 0 Å². The lowest BCUT2D eigenvalue weighted by Crippen LogP contribution is -2.39. The van der Waals surface area contributed by atoms with Gasteiger partial charge < -0.3 is 9.88 Å². The molecule has 1 aliphatic rings. The van der Waals surface area contributed by atoms with Gasteiger partial charge >= 0.3 is 0 Å². The molecule has 0 aliphatic carbocycles. The predicted octanol–water partition coefficient (Wildman–Crippen LogP) is 3.26. The molecule has 6 heteroatoms. The van der Waals surface area contributed by atoms with Crippen molar-refractivity contribution in [2.45, 2.75) is 39.2 Å². The van der Waals surface area contributed by atoms with Gasteiger partial charge in [0, 0.05) is 48.5 Å². The molecule has 2 aromatic heterocycles. The summed E-state index contributed by atoms with van der Waals surface area (Å²) in [6, 6.07) is 7.88. The molecule has 1 N–H and O–H groups in total. The molecule has 4 rings (SSSR count). The fraction of sp³-hybridized carbons (Fsp3) is 0.450. The molecule has 1 aliphatic heterocycles. The van der Waals surface area contributed by atoms with Crippen LogP contribution in [0.1, 0.15) is 42.2 Å². The average Bonchev–Trinajstić information content (AvgIpc) is 3.30. The highest BCUT2D eigenvalue weighted by Crippen LogP contribution is 2.22. The van der Waals surface area contributed by atoms with Crippen molar-refractivity contribution in [1.29, 1.82) is 0 Å². The maximum absolute atomic E-state index is 12.8. The summed E-state index contributed by atoms with van der Waals surface area (Å²) in [5.41, 5.74) is 2.91. The number of rotatable bonds is 5. The first-order valence-corrected chi connectivity index (χ1v) is 9.48. The number of aromatic amines is 1. The van der Waals surface area contributed by atoms with Gasteiger partial charge in [0.05, 0.1) is 5.69 Å². The Morgan fingerprint density at radius 3 is 2.92 bits per heavy atom. The highest BCUT2D eigenvalue weighted by atomic mass is 16.2. The molecular weight excluding hydrogens is 326 g/mol. The summed E-state index contributed by atoms with van der Waals surface area (Å²) in [6.45, 7) is 4.67. The number of H-pyrrole nitrogens is 1. The number of likely N-dealkylation sites (tertiary alicyclic amines) is 1. The number of nitrogens with zero attached hydrogens (tertiary/aromatic N) is 4. The molecule has 0 saturated carbocycles. The number of nitrogens with one attached hydrogen (secondary N) is 1. The smallest absolute Gasteiger partial charge is 0.253 e. The van der Waals surface area contributed by atoms with E-state index in [2.05, 4.69) is 28.4 Å². The highest BCUT2D eigenvalue weighted by molar-refractivity contribution is 5.98. The number of hydrogen-bond acceptors (Lipinski definition) is 3. The number of carbonyl (C=O) groups excluding carboxylic acids is 1. The molecule has 1 aromatic carbocycles. The molecule has 1 amide bonds. The van der Waals surface area contributed by atoms with E-state index in [1.807, 2.05) is 40.0 Å². The molecule has 3 aromatic rings. The first-order valence-electron chi connectivity index (χ1n) is 9.48. The zero-order valence-electron chi connectivity index (χ0n) is 15.2. The van der Waals surface area contributed by atoms with E-state index in [0.29, 0.717) is 5.92 Å². The Labute approximate surface area is 153 Å². The highest BCUT2D eigenvalue weighted by Gasteiger charge is 2.24. The van der Waals surface area contributed by atoms with Gasteiger partial charge in [0.15, 0.2) is 0 Å². The summed E-state index contributed by atoms with van der Waals surface area (Å²) in [7, 11) is 0. The van der Waals surface area contributed by atoms with Crippen LogP contribution in [0.2, 0.25) is 0 Å². The molecule has 0 radical (unpaired) electrons. The first-order chi connectivity index (χ1) is 12.7. The second-order valence-electron chi connectivity index (χ2n) is 7.20. The van der Waals surface area contributed by atoms with Crippen LogP contribution in [0.3, 0.4) is 0 Å². The zero-order chi connectivity index (χ0) is 17.9. The number of aromatic nitrogens is 4. The van der Waals surface area contributed by atoms with E-state index in [1.54, 1.807) is 0 Å². The number of hydrogen-bond donors (Lipinski definition) is 1. The van der Waals surface area contributed by atoms with Crippen LogP contribution in [-0.4, -0.2) is 43.9 Å². The molecule has 1 fully saturated rings. The van der Waals surface area contributed by atoms with Gasteiger partial charge in [-0.2, -0.15) is 0 Å². The number of carbonyl (C=O) groups is 1. The van der Waals surface area contributed by atoms with E-state index in [0.717, 1.165) is 67.5 Å². The van der Waals surface area contributed by atoms with Crippen molar-refractivity contribution in [2.24, 2.45) is 5.92 Å². The fourth-order valence-corrected chi connectivity index (χ4v) is 3.75. The summed E-state index contributed by atoms with van der Waals surface area (Å²) in [5, 5.41) is 9.54. The van der Waals surface area contributed by atoms with Gasteiger partial charge in [-0.3, -0.25) is 9.48 Å². The van der Waals surface area contributed by atoms with E-state index >= 15 is 0 Å². The second kappa shape index (κ2) is 7.32. The zero-order valence-corrected chi connectivity index (χ0v) is 15.2. The Hall–Kier alpha value is -2.63. The van der Waals surface area contributed by atoms with Gasteiger partial charge in [0.1, 0.15) is 0 Å². The van der Waals surface area contributed by atoms with Crippen molar-refractivity contribution < 1.29 is 4.79 Å². The van der Waals surface area contributed by atoms with Crippen LogP contribution in [-0.2, 0) is 13.0 Å². The Morgan fingerprint density at radius 2 is 2.12 bits per heavy atom. The Bertz CT molecular complexity index is 888. The number of amides is 1. The summed E-state index contributed by atoms with van der Waals surface area (Å²) < 4.78 is 1.97. The maximum Gasteiger partial charge on any atom is 0.253 e. The van der Waals surface area contributed by atoms with Crippen molar-refractivity contribution >= 4 is 16.8 Å². The normalized spacial score (nSPS) is 15.7. The fourth-order valence-electron chi connectivity index (χ4n) is 3.75. The number of fused-ring (bicyclic) bond motifs is 1. The lowest BCUT2D eigenvalue weighted by Gasteiger charge is -2.32. The van der Waals surface area contributed by atoms with E-state index in [-0.39, 0.29) is 5.91 Å². The molecule has 0 atom stereocenters. The van der Waals surface area contributed by atoms with E-state index in [4.69, 9.17) is 0 Å². The van der Waals surface area contributed by atoms with Crippen LogP contribution in [0, 0.1) is 5.92 Å². The minimum atomic E-state index is 0.137. The maximum atomic E-state index is 12.8. The van der Waals surface area contributed by atoms with Crippen molar-refractivity contribution in [1.82, 2.24) is 24.9 Å². The molecule has 6 nitrogen and oxygen atoms in total. The van der Waals surface area contributed by atoms with Gasteiger partial charge in [-0.1, -0.05) is 18.6 Å². The quantitative estimate of drug-likeness (QED) is 0.767. The Balaban J connectivity index is 1.34. The number of piperidine rings is 1. The minimum Gasteiger partial charge on any atom is -0.361 e. The van der Waals surface area contributed by atoms with Crippen molar-refractivity contribution in [3.8, 4) is 0 Å². The predicted molar refractivity (Wildman–Crippen MR) is 101 cm³/mol. The van der Waals surface area contributed by atoms with Crippen LogP contribution in [0.5, 0.6) is 0 Å². The van der Waals surface area contributed by atoms with Crippen molar-refractivity contribution in [3.63, 3.8) is 0 Å². The molecule has 26 heavy (non-hydrogen) atoms.